The van der Waals surface area contributed by atoms with Crippen molar-refractivity contribution in [2.75, 3.05) is 0 Å². The third-order valence-electron chi connectivity index (χ3n) is 4.01. The minimum Gasteiger partial charge on any atom is -0.347 e. The van der Waals surface area contributed by atoms with Gasteiger partial charge >= 0.3 is 0 Å². The number of carbonyl (C=O) groups is 1. The van der Waals surface area contributed by atoms with Gasteiger partial charge in [0.05, 0.1) is 0 Å². The van der Waals surface area contributed by atoms with Gasteiger partial charge in [0, 0.05) is 35.3 Å². The van der Waals surface area contributed by atoms with Crippen LogP contribution < -0.4 is 10.6 Å². The van der Waals surface area contributed by atoms with Crippen LogP contribution in [0.2, 0.25) is 0 Å². The number of carbonyl (C=O) groups excluding carboxylic acids is 1. The molecule has 1 aromatic rings. The Labute approximate surface area is 113 Å². The lowest BCUT2D eigenvalue weighted by Gasteiger charge is -2.29. The normalized spacial score (nSPS) is 26.8. The molecule has 3 rings (SSSR count). The number of aromatic nitrogens is 1. The third kappa shape index (κ3) is 1.92. The lowest BCUT2D eigenvalue weighted by Crippen LogP contribution is -2.32. The number of Topliss-reactive ketones (excluding diaryl/α,β-unsaturated/α-hetero) is 1. The molecule has 98 valence electrons. The molecule has 0 atom stereocenters. The highest BCUT2D eigenvalue weighted by Crippen LogP contribution is 2.32. The standard InChI is InChI=1S/C17H19NO/c1-17(2)10-14-16(15(19)11-17)12-8-6-4-5-7-9-13(12)18(14)3/h4-9H,10-11H2,1-3H3/b5-4?,6-4-,7-5-,8-6?,9-7?,12-8+,13-9+. The average Bonchev–Trinajstić information content (AvgIpc) is 2.50. The predicted molar refractivity (Wildman–Crippen MR) is 78.3 cm³/mol. The molecule has 2 aliphatic rings. The molecule has 2 nitrogen and oxygen atoms in total. The Kier molecular flexibility index (Phi) is 2.63. The Balaban J connectivity index is 2.39. The summed E-state index contributed by atoms with van der Waals surface area (Å²) in [6, 6.07) is 0. The Bertz CT molecular complexity index is 726. The molecule has 2 aliphatic carbocycles. The van der Waals surface area contributed by atoms with E-state index in [0.717, 1.165) is 22.6 Å². The largest absolute Gasteiger partial charge is 0.347 e. The molecule has 0 unspecified atom stereocenters. The van der Waals surface area contributed by atoms with Gasteiger partial charge in [0.1, 0.15) is 0 Å². The molecule has 2 heteroatoms. The Morgan fingerprint density at radius 1 is 1.05 bits per heavy atom. The molecule has 0 aliphatic heterocycles. The second-order valence-corrected chi connectivity index (χ2v) is 6.22. The van der Waals surface area contributed by atoms with E-state index in [1.165, 1.54) is 5.69 Å². The van der Waals surface area contributed by atoms with Crippen LogP contribution in [0.5, 0.6) is 0 Å². The topological polar surface area (TPSA) is 22.0 Å². The molecular weight excluding hydrogens is 234 g/mol. The molecule has 0 radical (unpaired) electrons. The molecule has 0 saturated carbocycles. The summed E-state index contributed by atoms with van der Waals surface area (Å²) in [5, 5.41) is 2.22. The number of fused-ring (bicyclic) bond motifs is 3. The van der Waals surface area contributed by atoms with Crippen molar-refractivity contribution in [2.24, 2.45) is 12.5 Å². The molecule has 0 aromatic carbocycles. The summed E-state index contributed by atoms with van der Waals surface area (Å²) < 4.78 is 2.18. The molecule has 0 amide bonds. The second-order valence-electron chi connectivity index (χ2n) is 6.22. The van der Waals surface area contributed by atoms with Gasteiger partial charge in [-0.3, -0.25) is 4.79 Å². The van der Waals surface area contributed by atoms with E-state index in [9.17, 15) is 4.79 Å². The van der Waals surface area contributed by atoms with Crippen LogP contribution in [0.1, 0.15) is 36.3 Å². The molecule has 1 heterocycles. The minimum atomic E-state index is 0.0661. The van der Waals surface area contributed by atoms with Gasteiger partial charge in [0.25, 0.3) is 0 Å². The SMILES string of the molecule is Cn1c2c(c3/c1=C\C=C/C=C\C=3)C(=O)CC(C)(C)C2. The average molecular weight is 253 g/mol. The number of allylic oxidation sites excluding steroid dienone is 4. The van der Waals surface area contributed by atoms with Crippen LogP contribution in [-0.4, -0.2) is 10.4 Å². The number of hydrogen-bond donors (Lipinski definition) is 0. The molecule has 19 heavy (non-hydrogen) atoms. The summed E-state index contributed by atoms with van der Waals surface area (Å²) in [5.74, 6) is 0.283. The highest BCUT2D eigenvalue weighted by atomic mass is 16.1. The van der Waals surface area contributed by atoms with E-state index in [0.29, 0.717) is 6.42 Å². The van der Waals surface area contributed by atoms with Crippen LogP contribution in [-0.2, 0) is 13.5 Å². The lowest BCUT2D eigenvalue weighted by atomic mass is 9.76. The van der Waals surface area contributed by atoms with Crippen molar-refractivity contribution in [1.29, 1.82) is 0 Å². The highest BCUT2D eigenvalue weighted by molar-refractivity contribution is 5.99. The Morgan fingerprint density at radius 3 is 2.47 bits per heavy atom. The van der Waals surface area contributed by atoms with Gasteiger partial charge in [0.15, 0.2) is 5.78 Å². The maximum atomic E-state index is 12.5. The number of nitrogens with zero attached hydrogens (tertiary/aromatic N) is 1. The van der Waals surface area contributed by atoms with Gasteiger partial charge in [-0.2, -0.15) is 0 Å². The van der Waals surface area contributed by atoms with Crippen LogP contribution in [0.4, 0.5) is 0 Å². The van der Waals surface area contributed by atoms with Gasteiger partial charge in [-0.25, -0.2) is 0 Å². The van der Waals surface area contributed by atoms with Crippen molar-refractivity contribution in [3.8, 4) is 0 Å². The van der Waals surface area contributed by atoms with E-state index in [4.69, 9.17) is 0 Å². The van der Waals surface area contributed by atoms with Gasteiger partial charge < -0.3 is 4.57 Å². The first kappa shape index (κ1) is 12.2. The zero-order chi connectivity index (χ0) is 13.6. The molecule has 0 spiro atoms. The summed E-state index contributed by atoms with van der Waals surface area (Å²) >= 11 is 0. The van der Waals surface area contributed by atoms with Crippen molar-refractivity contribution < 1.29 is 4.79 Å². The lowest BCUT2D eigenvalue weighted by molar-refractivity contribution is 0.0909. The molecule has 1 aromatic heterocycles. The molecule has 0 bridgehead atoms. The van der Waals surface area contributed by atoms with Crippen molar-refractivity contribution in [3.63, 3.8) is 0 Å². The van der Waals surface area contributed by atoms with E-state index in [-0.39, 0.29) is 11.2 Å². The minimum absolute atomic E-state index is 0.0661. The maximum absolute atomic E-state index is 12.5. The fourth-order valence-electron chi connectivity index (χ4n) is 3.13. The first-order valence-electron chi connectivity index (χ1n) is 6.76. The third-order valence-corrected chi connectivity index (χ3v) is 4.01. The van der Waals surface area contributed by atoms with Crippen molar-refractivity contribution in [2.45, 2.75) is 26.7 Å². The van der Waals surface area contributed by atoms with Crippen molar-refractivity contribution in [1.82, 2.24) is 4.57 Å². The molecule has 0 fully saturated rings. The van der Waals surface area contributed by atoms with Gasteiger partial charge in [0.2, 0.25) is 0 Å². The number of ketones is 1. The van der Waals surface area contributed by atoms with E-state index in [1.54, 1.807) is 0 Å². The molecular formula is C17H19NO. The Hall–Kier alpha value is -1.83. The van der Waals surface area contributed by atoms with E-state index in [2.05, 4.69) is 37.6 Å². The van der Waals surface area contributed by atoms with Crippen molar-refractivity contribution >= 4 is 17.9 Å². The van der Waals surface area contributed by atoms with Gasteiger partial charge in [-0.1, -0.05) is 44.2 Å². The zero-order valence-corrected chi connectivity index (χ0v) is 11.7. The summed E-state index contributed by atoms with van der Waals surface area (Å²) in [4.78, 5) is 12.5. The van der Waals surface area contributed by atoms with Crippen LogP contribution in [0.15, 0.2) is 24.3 Å². The van der Waals surface area contributed by atoms with Crippen LogP contribution >= 0.6 is 0 Å². The maximum Gasteiger partial charge on any atom is 0.165 e. The van der Waals surface area contributed by atoms with E-state index >= 15 is 0 Å². The van der Waals surface area contributed by atoms with Gasteiger partial charge in [-0.05, 0) is 17.9 Å². The monoisotopic (exact) mass is 253 g/mol. The smallest absolute Gasteiger partial charge is 0.165 e. The first-order valence-corrected chi connectivity index (χ1v) is 6.76. The first-order chi connectivity index (χ1) is 8.99. The second kappa shape index (κ2) is 4.09. The van der Waals surface area contributed by atoms with E-state index < -0.39 is 0 Å². The summed E-state index contributed by atoms with van der Waals surface area (Å²) in [6.07, 6.45) is 13.8. The number of rotatable bonds is 0. The van der Waals surface area contributed by atoms with Crippen LogP contribution in [0, 0.1) is 5.41 Å². The molecule has 0 N–H and O–H groups in total. The highest BCUT2D eigenvalue weighted by Gasteiger charge is 2.33. The van der Waals surface area contributed by atoms with Crippen LogP contribution in [0.3, 0.4) is 0 Å². The predicted octanol–water partition coefficient (Wildman–Crippen LogP) is 1.87. The zero-order valence-electron chi connectivity index (χ0n) is 11.7. The van der Waals surface area contributed by atoms with Crippen molar-refractivity contribution in [3.05, 3.63) is 46.1 Å². The summed E-state index contributed by atoms with van der Waals surface area (Å²) in [7, 11) is 2.07. The number of hydrogen-bond acceptors (Lipinski definition) is 1. The van der Waals surface area contributed by atoms with E-state index in [1.807, 2.05) is 24.3 Å². The van der Waals surface area contributed by atoms with Crippen LogP contribution in [0.25, 0.3) is 12.2 Å². The quantitative estimate of drug-likeness (QED) is 0.692. The molecule has 0 saturated heterocycles. The van der Waals surface area contributed by atoms with Gasteiger partial charge in [-0.15, -0.1) is 0 Å². The fourth-order valence-corrected chi connectivity index (χ4v) is 3.13. The Morgan fingerprint density at radius 2 is 1.74 bits per heavy atom. The summed E-state index contributed by atoms with van der Waals surface area (Å²) in [6.45, 7) is 4.34. The summed E-state index contributed by atoms with van der Waals surface area (Å²) in [5.41, 5.74) is 2.19. The fraction of sp³-hybridized carbons (Fsp3) is 0.353.